The molecule has 0 aliphatic carbocycles. The summed E-state index contributed by atoms with van der Waals surface area (Å²) in [6.07, 6.45) is 6.03. The maximum atomic E-state index is 12.2. The number of aromatic nitrogens is 4. The molecule has 4 aromatic rings. The van der Waals surface area contributed by atoms with Gasteiger partial charge in [-0.1, -0.05) is 6.07 Å². The Labute approximate surface area is 171 Å². The first kappa shape index (κ1) is 18.9. The normalized spacial score (nSPS) is 10.4. The first-order chi connectivity index (χ1) is 14.7. The molecule has 3 aromatic heterocycles. The molecule has 0 unspecified atom stereocenters. The van der Waals surface area contributed by atoms with Gasteiger partial charge in [0, 0.05) is 29.7 Å². The fourth-order valence-corrected chi connectivity index (χ4v) is 2.68. The topological polar surface area (TPSA) is 127 Å². The van der Waals surface area contributed by atoms with Crippen molar-refractivity contribution in [2.75, 3.05) is 10.6 Å². The van der Waals surface area contributed by atoms with E-state index in [4.69, 9.17) is 4.42 Å². The van der Waals surface area contributed by atoms with Crippen LogP contribution in [0.1, 0.15) is 16.1 Å². The number of nitrogens with zero attached hydrogens (tertiary/aromatic N) is 4. The summed E-state index contributed by atoms with van der Waals surface area (Å²) in [6, 6.07) is 13.2. The van der Waals surface area contributed by atoms with Crippen LogP contribution in [0.15, 0.2) is 78.1 Å². The highest BCUT2D eigenvalue weighted by Crippen LogP contribution is 2.15. The van der Waals surface area contributed by atoms with E-state index in [1.807, 2.05) is 6.07 Å². The summed E-state index contributed by atoms with van der Waals surface area (Å²) < 4.78 is 6.58. The largest absolute Gasteiger partial charge is 0.459 e. The van der Waals surface area contributed by atoms with Crippen LogP contribution in [0.2, 0.25) is 0 Å². The molecule has 0 fully saturated rings. The third kappa shape index (κ3) is 4.50. The van der Waals surface area contributed by atoms with Gasteiger partial charge >= 0.3 is 6.03 Å². The van der Waals surface area contributed by atoms with Gasteiger partial charge < -0.3 is 20.4 Å². The van der Waals surface area contributed by atoms with Gasteiger partial charge in [0.15, 0.2) is 11.6 Å². The van der Waals surface area contributed by atoms with Crippen molar-refractivity contribution >= 4 is 23.3 Å². The predicted molar refractivity (Wildman–Crippen MR) is 108 cm³/mol. The minimum absolute atomic E-state index is 0.220. The number of anilines is 2. The zero-order valence-corrected chi connectivity index (χ0v) is 15.6. The van der Waals surface area contributed by atoms with Crippen LogP contribution in [-0.4, -0.2) is 31.7 Å². The molecule has 3 amide bonds. The summed E-state index contributed by atoms with van der Waals surface area (Å²) in [7, 11) is 0. The van der Waals surface area contributed by atoms with Gasteiger partial charge in [0.1, 0.15) is 12.7 Å². The number of rotatable bonds is 6. The number of amides is 3. The summed E-state index contributed by atoms with van der Waals surface area (Å²) in [5, 5.41) is 12.3. The lowest BCUT2D eigenvalue weighted by Crippen LogP contribution is -2.28. The SMILES string of the molecule is O=C(NCc1cccnc1-n1cncn1)Nc1ccc(NC(=O)c2ccco2)cc1. The molecule has 0 saturated carbocycles. The number of nitrogens with one attached hydrogen (secondary N) is 3. The third-order valence-electron chi connectivity index (χ3n) is 4.09. The van der Waals surface area contributed by atoms with Crippen LogP contribution >= 0.6 is 0 Å². The number of carbonyl (C=O) groups excluding carboxylic acids is 2. The molecule has 0 aliphatic heterocycles. The number of hydrogen-bond donors (Lipinski definition) is 3. The second kappa shape index (κ2) is 8.69. The van der Waals surface area contributed by atoms with Crippen LogP contribution in [-0.2, 0) is 6.54 Å². The van der Waals surface area contributed by atoms with Crippen LogP contribution in [0.3, 0.4) is 0 Å². The highest BCUT2D eigenvalue weighted by Gasteiger charge is 2.10. The standard InChI is InChI=1S/C20H17N7O3/c28-19(17-4-2-10-30-17)25-15-5-7-16(8-6-15)26-20(29)23-11-14-3-1-9-22-18(14)27-13-21-12-24-27/h1-10,12-13H,11H2,(H,25,28)(H2,23,26,29). The Kier molecular flexibility index (Phi) is 5.47. The molecular weight excluding hydrogens is 386 g/mol. The Balaban J connectivity index is 1.32. The fourth-order valence-electron chi connectivity index (χ4n) is 2.68. The number of carbonyl (C=O) groups is 2. The van der Waals surface area contributed by atoms with Gasteiger partial charge in [-0.2, -0.15) is 5.10 Å². The molecule has 0 aliphatic rings. The lowest BCUT2D eigenvalue weighted by atomic mass is 10.2. The van der Waals surface area contributed by atoms with Crippen LogP contribution in [0.4, 0.5) is 16.2 Å². The zero-order valence-electron chi connectivity index (χ0n) is 15.6. The molecule has 3 heterocycles. The van der Waals surface area contributed by atoms with Crippen molar-refractivity contribution in [2.24, 2.45) is 0 Å². The number of hydrogen-bond acceptors (Lipinski definition) is 6. The highest BCUT2D eigenvalue weighted by molar-refractivity contribution is 6.02. The number of pyridine rings is 1. The van der Waals surface area contributed by atoms with E-state index in [1.165, 1.54) is 23.6 Å². The van der Waals surface area contributed by atoms with Gasteiger partial charge in [0.2, 0.25) is 0 Å². The summed E-state index contributed by atoms with van der Waals surface area (Å²) in [5.74, 6) is 0.460. The van der Waals surface area contributed by atoms with Crippen molar-refractivity contribution < 1.29 is 14.0 Å². The molecule has 0 saturated heterocycles. The molecule has 0 radical (unpaired) electrons. The Bertz CT molecular complexity index is 1120. The molecule has 30 heavy (non-hydrogen) atoms. The molecule has 1 aromatic carbocycles. The van der Waals surface area contributed by atoms with E-state index >= 15 is 0 Å². The van der Waals surface area contributed by atoms with Gasteiger partial charge in [0.25, 0.3) is 5.91 Å². The molecule has 3 N–H and O–H groups in total. The number of urea groups is 1. The van der Waals surface area contributed by atoms with Crippen LogP contribution in [0, 0.1) is 0 Å². The minimum Gasteiger partial charge on any atom is -0.459 e. The molecule has 150 valence electrons. The van der Waals surface area contributed by atoms with Crippen molar-refractivity contribution in [3.63, 3.8) is 0 Å². The second-order valence-corrected chi connectivity index (χ2v) is 6.14. The van der Waals surface area contributed by atoms with Gasteiger partial charge in [-0.15, -0.1) is 0 Å². The minimum atomic E-state index is -0.379. The van der Waals surface area contributed by atoms with Crippen molar-refractivity contribution in [3.05, 3.63) is 85.0 Å². The fraction of sp³-hybridized carbons (Fsp3) is 0.0500. The predicted octanol–water partition coefficient (Wildman–Crippen LogP) is 2.83. The van der Waals surface area contributed by atoms with Gasteiger partial charge in [-0.25, -0.2) is 19.4 Å². The summed E-state index contributed by atoms with van der Waals surface area (Å²) in [6.45, 7) is 0.256. The van der Waals surface area contributed by atoms with Gasteiger partial charge in [-0.3, -0.25) is 4.79 Å². The van der Waals surface area contributed by atoms with Crippen LogP contribution in [0.5, 0.6) is 0 Å². The lowest BCUT2D eigenvalue weighted by molar-refractivity contribution is 0.0996. The number of benzene rings is 1. The second-order valence-electron chi connectivity index (χ2n) is 6.14. The highest BCUT2D eigenvalue weighted by atomic mass is 16.3. The maximum absolute atomic E-state index is 12.2. The van der Waals surface area contributed by atoms with Crippen molar-refractivity contribution in [2.45, 2.75) is 6.54 Å². The van der Waals surface area contributed by atoms with Crippen LogP contribution in [0.25, 0.3) is 5.82 Å². The third-order valence-corrected chi connectivity index (χ3v) is 4.09. The first-order valence-electron chi connectivity index (χ1n) is 8.98. The monoisotopic (exact) mass is 403 g/mol. The molecule has 4 rings (SSSR count). The average Bonchev–Trinajstić information content (AvgIpc) is 3.48. The smallest absolute Gasteiger partial charge is 0.319 e. The van der Waals surface area contributed by atoms with E-state index in [1.54, 1.807) is 48.7 Å². The van der Waals surface area contributed by atoms with Gasteiger partial charge in [-0.05, 0) is 42.5 Å². The quantitative estimate of drug-likeness (QED) is 0.454. The van der Waals surface area contributed by atoms with E-state index < -0.39 is 0 Å². The van der Waals surface area contributed by atoms with Crippen molar-refractivity contribution in [1.82, 2.24) is 25.1 Å². The maximum Gasteiger partial charge on any atom is 0.319 e. The Morgan fingerprint density at radius 3 is 2.50 bits per heavy atom. The molecule has 10 heteroatoms. The van der Waals surface area contributed by atoms with E-state index in [2.05, 4.69) is 31.0 Å². The Hall–Kier alpha value is -4.47. The van der Waals surface area contributed by atoms with E-state index in [0.717, 1.165) is 5.56 Å². The lowest BCUT2D eigenvalue weighted by Gasteiger charge is -2.11. The number of furan rings is 1. The average molecular weight is 403 g/mol. The van der Waals surface area contributed by atoms with E-state index in [-0.39, 0.29) is 24.2 Å². The molecule has 0 spiro atoms. The molecule has 0 bridgehead atoms. The molecule has 0 atom stereocenters. The molecular formula is C20H17N7O3. The molecule has 10 nitrogen and oxygen atoms in total. The van der Waals surface area contributed by atoms with Gasteiger partial charge in [0.05, 0.1) is 6.26 Å². The summed E-state index contributed by atoms with van der Waals surface area (Å²) in [5.41, 5.74) is 1.94. The zero-order chi connectivity index (χ0) is 20.8. The summed E-state index contributed by atoms with van der Waals surface area (Å²) >= 11 is 0. The van der Waals surface area contributed by atoms with Crippen LogP contribution < -0.4 is 16.0 Å². The first-order valence-corrected chi connectivity index (χ1v) is 8.98. The Morgan fingerprint density at radius 1 is 1.00 bits per heavy atom. The van der Waals surface area contributed by atoms with Crippen molar-refractivity contribution in [3.8, 4) is 5.82 Å². The Morgan fingerprint density at radius 2 is 1.80 bits per heavy atom. The van der Waals surface area contributed by atoms with E-state index in [9.17, 15) is 9.59 Å². The van der Waals surface area contributed by atoms with E-state index in [0.29, 0.717) is 17.2 Å². The summed E-state index contributed by atoms with van der Waals surface area (Å²) in [4.78, 5) is 32.4. The van der Waals surface area contributed by atoms with Crippen molar-refractivity contribution in [1.29, 1.82) is 0 Å².